The molecule has 0 aliphatic rings. The third kappa shape index (κ3) is 4.66. The minimum atomic E-state index is 0.629. The summed E-state index contributed by atoms with van der Waals surface area (Å²) in [6.07, 6.45) is 0. The highest BCUT2D eigenvalue weighted by molar-refractivity contribution is 6.22. The van der Waals surface area contributed by atoms with E-state index in [9.17, 15) is 0 Å². The smallest absolute Gasteiger partial charge is 0.235 e. The summed E-state index contributed by atoms with van der Waals surface area (Å²) in [4.78, 5) is 10.8. The lowest BCUT2D eigenvalue weighted by Gasteiger charge is -2.13. The molecule has 0 atom stereocenters. The Bertz CT molecular complexity index is 3520. The Morgan fingerprint density at radius 1 is 0.375 bits per heavy atom. The van der Waals surface area contributed by atoms with Gasteiger partial charge >= 0.3 is 0 Å². The molecule has 4 heteroatoms. The Balaban J connectivity index is 1.11. The molecule has 12 rings (SSSR count). The Morgan fingerprint density at radius 2 is 1.04 bits per heavy atom. The maximum atomic E-state index is 6.52. The first-order chi connectivity index (χ1) is 27.7. The van der Waals surface area contributed by atoms with E-state index in [1.54, 1.807) is 0 Å². The van der Waals surface area contributed by atoms with Gasteiger partial charge < -0.3 is 4.42 Å². The zero-order valence-electron chi connectivity index (χ0n) is 30.1. The quantitative estimate of drug-likeness (QED) is 0.182. The zero-order chi connectivity index (χ0) is 36.7. The van der Waals surface area contributed by atoms with Crippen LogP contribution >= 0.6 is 0 Å². The number of fused-ring (bicyclic) bond motifs is 10. The van der Waals surface area contributed by atoms with Gasteiger partial charge in [-0.1, -0.05) is 146 Å². The predicted octanol–water partition coefficient (Wildman–Crippen LogP) is 13.9. The average molecular weight is 714 g/mol. The molecule has 9 aromatic carbocycles. The highest BCUT2D eigenvalue weighted by Gasteiger charge is 2.21. The summed E-state index contributed by atoms with van der Waals surface area (Å²) < 4.78 is 8.77. The van der Waals surface area contributed by atoms with Crippen molar-refractivity contribution >= 4 is 76.2 Å². The van der Waals surface area contributed by atoms with Crippen molar-refractivity contribution in [3.63, 3.8) is 0 Å². The number of furan rings is 1. The molecule has 0 spiro atoms. The van der Waals surface area contributed by atoms with Gasteiger partial charge in [-0.05, 0) is 86.3 Å². The second kappa shape index (κ2) is 12.0. The summed E-state index contributed by atoms with van der Waals surface area (Å²) in [5.41, 5.74) is 11.3. The number of hydrogen-bond acceptors (Lipinski definition) is 3. The van der Waals surface area contributed by atoms with Crippen molar-refractivity contribution in [2.75, 3.05) is 0 Å². The van der Waals surface area contributed by atoms with Crippen LogP contribution in [0.15, 0.2) is 192 Å². The van der Waals surface area contributed by atoms with Gasteiger partial charge in [0.1, 0.15) is 11.2 Å². The number of benzene rings is 9. The molecule has 0 N–H and O–H groups in total. The standard InChI is InChI=1S/C52H31N3O/c1-2-11-32(12-3-1)33-21-23-34(24-22-33)38-26-27-45-42(29-38)49-39-16-7-6-13-35(39)25-28-46(49)55(45)52-53-44-19-9-8-17-40(44)51(54-52)41-18-10-20-47-50(41)43-30-36-14-4-5-15-37(36)31-48(43)56-47/h1-31H. The fourth-order valence-electron chi connectivity index (χ4n) is 8.75. The number of hydrogen-bond donors (Lipinski definition) is 0. The van der Waals surface area contributed by atoms with Gasteiger partial charge in [0.2, 0.25) is 5.95 Å². The van der Waals surface area contributed by atoms with Gasteiger partial charge in [-0.15, -0.1) is 0 Å². The second-order valence-corrected chi connectivity index (χ2v) is 14.6. The van der Waals surface area contributed by atoms with Crippen LogP contribution in [-0.4, -0.2) is 14.5 Å². The first-order valence-electron chi connectivity index (χ1n) is 19.0. The summed E-state index contributed by atoms with van der Waals surface area (Å²) in [5, 5.41) is 10.2. The molecule has 12 aromatic rings. The molecule has 3 heterocycles. The minimum absolute atomic E-state index is 0.629. The summed E-state index contributed by atoms with van der Waals surface area (Å²) in [7, 11) is 0. The Morgan fingerprint density at radius 3 is 1.88 bits per heavy atom. The molecule has 3 aromatic heterocycles. The van der Waals surface area contributed by atoms with E-state index in [-0.39, 0.29) is 0 Å². The van der Waals surface area contributed by atoms with Gasteiger partial charge in [0.15, 0.2) is 0 Å². The monoisotopic (exact) mass is 713 g/mol. The van der Waals surface area contributed by atoms with Crippen LogP contribution in [0, 0.1) is 0 Å². The molecular weight excluding hydrogens is 683 g/mol. The van der Waals surface area contributed by atoms with E-state index in [2.05, 4.69) is 193 Å². The van der Waals surface area contributed by atoms with Crippen molar-refractivity contribution in [2.45, 2.75) is 0 Å². The normalized spacial score (nSPS) is 11.9. The van der Waals surface area contributed by atoms with Gasteiger partial charge in [0.25, 0.3) is 0 Å². The lowest BCUT2D eigenvalue weighted by molar-refractivity contribution is 0.669. The van der Waals surface area contributed by atoms with E-state index in [4.69, 9.17) is 14.4 Å². The van der Waals surface area contributed by atoms with Crippen LogP contribution in [0.1, 0.15) is 0 Å². The SMILES string of the molecule is c1ccc(-c2ccc(-c3ccc4c(c3)c3c5ccccc5ccc3n4-c3nc(-c4cccc5oc6cc7ccccc7cc6c45)c4ccccc4n3)cc2)cc1. The molecule has 0 amide bonds. The van der Waals surface area contributed by atoms with Gasteiger partial charge in [0.05, 0.1) is 22.2 Å². The molecule has 0 fully saturated rings. The van der Waals surface area contributed by atoms with Crippen molar-refractivity contribution in [2.24, 2.45) is 0 Å². The predicted molar refractivity (Wildman–Crippen MR) is 232 cm³/mol. The van der Waals surface area contributed by atoms with Crippen LogP contribution in [0.25, 0.3) is 116 Å². The highest BCUT2D eigenvalue weighted by Crippen LogP contribution is 2.42. The molecule has 260 valence electrons. The number of aromatic nitrogens is 3. The van der Waals surface area contributed by atoms with Gasteiger partial charge in [-0.2, -0.15) is 0 Å². The van der Waals surface area contributed by atoms with Crippen LogP contribution in [-0.2, 0) is 0 Å². The number of nitrogens with zero attached hydrogens (tertiary/aromatic N) is 3. The molecule has 4 nitrogen and oxygen atoms in total. The third-order valence-corrected chi connectivity index (χ3v) is 11.4. The van der Waals surface area contributed by atoms with E-state index >= 15 is 0 Å². The average Bonchev–Trinajstić information content (AvgIpc) is 3.80. The fourth-order valence-corrected chi connectivity index (χ4v) is 8.75. The largest absolute Gasteiger partial charge is 0.456 e. The molecule has 56 heavy (non-hydrogen) atoms. The maximum absolute atomic E-state index is 6.52. The third-order valence-electron chi connectivity index (χ3n) is 11.4. The summed E-state index contributed by atoms with van der Waals surface area (Å²) >= 11 is 0. The van der Waals surface area contributed by atoms with Crippen LogP contribution in [0.2, 0.25) is 0 Å². The summed E-state index contributed by atoms with van der Waals surface area (Å²) in [6.45, 7) is 0. The van der Waals surface area contributed by atoms with E-state index < -0.39 is 0 Å². The lowest BCUT2D eigenvalue weighted by atomic mass is 9.98. The first kappa shape index (κ1) is 30.9. The van der Waals surface area contributed by atoms with Crippen LogP contribution in [0.5, 0.6) is 0 Å². The van der Waals surface area contributed by atoms with Crippen molar-refractivity contribution in [1.29, 1.82) is 0 Å². The van der Waals surface area contributed by atoms with E-state index in [1.807, 2.05) is 0 Å². The minimum Gasteiger partial charge on any atom is -0.456 e. The van der Waals surface area contributed by atoms with E-state index in [0.717, 1.165) is 71.5 Å². The first-order valence-corrected chi connectivity index (χ1v) is 19.0. The Hall–Kier alpha value is -7.56. The number of para-hydroxylation sites is 1. The molecule has 0 saturated carbocycles. The van der Waals surface area contributed by atoms with Crippen molar-refractivity contribution in [3.05, 3.63) is 188 Å². The molecule has 0 aliphatic carbocycles. The topological polar surface area (TPSA) is 43.9 Å². The summed E-state index contributed by atoms with van der Waals surface area (Å²) in [6, 6.07) is 66.7. The maximum Gasteiger partial charge on any atom is 0.235 e. The van der Waals surface area contributed by atoms with Crippen LogP contribution in [0.3, 0.4) is 0 Å². The van der Waals surface area contributed by atoms with E-state index in [0.29, 0.717) is 5.95 Å². The number of rotatable bonds is 4. The molecule has 0 unspecified atom stereocenters. The molecule has 0 radical (unpaired) electrons. The Kier molecular flexibility index (Phi) is 6.60. The second-order valence-electron chi connectivity index (χ2n) is 14.6. The van der Waals surface area contributed by atoms with Gasteiger partial charge in [0, 0.05) is 32.5 Å². The zero-order valence-corrected chi connectivity index (χ0v) is 30.1. The molecule has 0 saturated heterocycles. The molecule has 0 bridgehead atoms. The lowest BCUT2D eigenvalue weighted by Crippen LogP contribution is -2.03. The molecular formula is C52H31N3O. The van der Waals surface area contributed by atoms with E-state index in [1.165, 1.54) is 38.2 Å². The Labute approximate surface area is 321 Å². The summed E-state index contributed by atoms with van der Waals surface area (Å²) in [5.74, 6) is 0.629. The van der Waals surface area contributed by atoms with Gasteiger partial charge in [-0.3, -0.25) is 4.57 Å². The van der Waals surface area contributed by atoms with Crippen molar-refractivity contribution in [1.82, 2.24) is 14.5 Å². The highest BCUT2D eigenvalue weighted by atomic mass is 16.3. The van der Waals surface area contributed by atoms with Crippen molar-refractivity contribution < 1.29 is 4.42 Å². The van der Waals surface area contributed by atoms with Crippen molar-refractivity contribution in [3.8, 4) is 39.5 Å². The van der Waals surface area contributed by atoms with Crippen LogP contribution < -0.4 is 0 Å². The molecule has 0 aliphatic heterocycles. The van der Waals surface area contributed by atoms with Crippen LogP contribution in [0.4, 0.5) is 0 Å². The van der Waals surface area contributed by atoms with Gasteiger partial charge in [-0.25, -0.2) is 9.97 Å². The fraction of sp³-hybridized carbons (Fsp3) is 0.